The summed E-state index contributed by atoms with van der Waals surface area (Å²) in [5.41, 5.74) is 4.76. The summed E-state index contributed by atoms with van der Waals surface area (Å²) < 4.78 is 0. The van der Waals surface area contributed by atoms with Crippen molar-refractivity contribution in [3.63, 3.8) is 0 Å². The first-order chi connectivity index (χ1) is 12.3. The Kier molecular flexibility index (Phi) is 3.07. The Balaban J connectivity index is 1.98. The summed E-state index contributed by atoms with van der Waals surface area (Å²) in [6.45, 7) is 1.07. The van der Waals surface area contributed by atoms with Crippen LogP contribution in [-0.4, -0.2) is 5.01 Å². The van der Waals surface area contributed by atoms with E-state index in [1.807, 2.05) is 0 Å². The molecule has 0 atom stereocenters. The summed E-state index contributed by atoms with van der Waals surface area (Å²) in [4.78, 5) is 11.3. The van der Waals surface area contributed by atoms with Gasteiger partial charge >= 0.3 is 0 Å². The van der Waals surface area contributed by atoms with Gasteiger partial charge in [0, 0.05) is 0 Å². The minimum absolute atomic E-state index is 0.534. The first-order valence-corrected chi connectivity index (χ1v) is 8.45. The van der Waals surface area contributed by atoms with Gasteiger partial charge in [0.25, 0.3) is 0 Å². The lowest BCUT2D eigenvalue weighted by atomic mass is 9.88. The molecule has 1 heterocycles. The third kappa shape index (κ3) is 2.13. The third-order valence-electron chi connectivity index (χ3n) is 5.10. The summed E-state index contributed by atoms with van der Waals surface area (Å²) in [7, 11) is 0. The van der Waals surface area contributed by atoms with Crippen molar-refractivity contribution in [1.82, 2.24) is 5.01 Å². The van der Waals surface area contributed by atoms with Gasteiger partial charge in [0.05, 0.1) is 18.4 Å². The quantitative estimate of drug-likeness (QED) is 0.423. The lowest BCUT2D eigenvalue weighted by molar-refractivity contribution is 0.270. The van der Waals surface area contributed by atoms with Crippen molar-refractivity contribution in [2.75, 3.05) is 0 Å². The van der Waals surface area contributed by atoms with Gasteiger partial charge < -0.3 is 0 Å². The van der Waals surface area contributed by atoms with E-state index in [1.54, 1.807) is 5.01 Å². The van der Waals surface area contributed by atoms with E-state index in [0.717, 1.165) is 11.1 Å². The van der Waals surface area contributed by atoms with Gasteiger partial charge in [0.2, 0.25) is 0 Å². The van der Waals surface area contributed by atoms with Gasteiger partial charge in [-0.1, -0.05) is 72.8 Å². The first-order valence-electron chi connectivity index (χ1n) is 8.45. The molecule has 0 bridgehead atoms. The molecule has 0 amide bonds. The van der Waals surface area contributed by atoms with Gasteiger partial charge in [0.1, 0.15) is 0 Å². The largest absolute Gasteiger partial charge is 0.252 e. The standard InChI is InChI=1S/C22H16N2O/c25-23-24-13-17-11-9-15-5-1-3-7-19(15)21(17)22-18(14-24)12-10-16-6-2-4-8-20(16)22/h1-12H,13-14H2. The van der Waals surface area contributed by atoms with Gasteiger partial charge in [-0.3, -0.25) is 5.01 Å². The highest BCUT2D eigenvalue weighted by Crippen LogP contribution is 2.41. The van der Waals surface area contributed by atoms with Gasteiger partial charge in [-0.05, 0) is 43.8 Å². The van der Waals surface area contributed by atoms with E-state index in [9.17, 15) is 4.91 Å². The number of fused-ring (bicyclic) bond motifs is 7. The van der Waals surface area contributed by atoms with E-state index in [4.69, 9.17) is 0 Å². The zero-order chi connectivity index (χ0) is 16.8. The van der Waals surface area contributed by atoms with Crippen molar-refractivity contribution in [3.05, 3.63) is 88.8 Å². The maximum absolute atomic E-state index is 11.3. The molecule has 1 aliphatic heterocycles. The Morgan fingerprint density at radius 3 is 1.60 bits per heavy atom. The van der Waals surface area contributed by atoms with Crippen LogP contribution in [-0.2, 0) is 13.1 Å². The Hall–Kier alpha value is -3.20. The molecule has 0 spiro atoms. The topological polar surface area (TPSA) is 32.7 Å². The maximum atomic E-state index is 11.3. The molecule has 0 N–H and O–H groups in total. The molecule has 0 saturated carbocycles. The molecular formula is C22H16N2O. The monoisotopic (exact) mass is 324 g/mol. The Labute approximate surface area is 145 Å². The lowest BCUT2D eigenvalue weighted by Crippen LogP contribution is -2.13. The van der Waals surface area contributed by atoms with E-state index in [2.05, 4.69) is 78.1 Å². The normalized spacial score (nSPS) is 13.4. The van der Waals surface area contributed by atoms with Crippen molar-refractivity contribution in [2.45, 2.75) is 13.1 Å². The molecule has 3 heteroatoms. The Morgan fingerprint density at radius 2 is 1.12 bits per heavy atom. The molecule has 1 aliphatic rings. The fraction of sp³-hybridized carbons (Fsp3) is 0.0909. The lowest BCUT2D eigenvalue weighted by Gasteiger charge is -2.15. The minimum Gasteiger partial charge on any atom is -0.252 e. The Bertz CT molecular complexity index is 1050. The van der Waals surface area contributed by atoms with Crippen LogP contribution in [0.5, 0.6) is 0 Å². The van der Waals surface area contributed by atoms with E-state index in [1.165, 1.54) is 32.7 Å². The molecule has 0 unspecified atom stereocenters. The van der Waals surface area contributed by atoms with Crippen LogP contribution in [0, 0.1) is 4.91 Å². The average Bonchev–Trinajstić information content (AvgIpc) is 2.84. The first kappa shape index (κ1) is 14.2. The second kappa shape index (κ2) is 5.42. The van der Waals surface area contributed by atoms with Crippen molar-refractivity contribution in [2.24, 2.45) is 5.29 Å². The second-order valence-corrected chi connectivity index (χ2v) is 6.55. The molecule has 0 aliphatic carbocycles. The highest BCUT2D eigenvalue weighted by molar-refractivity contribution is 6.07. The third-order valence-corrected chi connectivity index (χ3v) is 5.10. The number of nitroso groups, excluding NO2 is 1. The molecule has 3 nitrogen and oxygen atoms in total. The van der Waals surface area contributed by atoms with E-state index < -0.39 is 0 Å². The number of rotatable bonds is 1. The summed E-state index contributed by atoms with van der Waals surface area (Å²) in [6.07, 6.45) is 0. The summed E-state index contributed by atoms with van der Waals surface area (Å²) in [5.74, 6) is 0. The van der Waals surface area contributed by atoms with E-state index >= 15 is 0 Å². The maximum Gasteiger partial charge on any atom is 0.0652 e. The van der Waals surface area contributed by atoms with Crippen molar-refractivity contribution < 1.29 is 0 Å². The Morgan fingerprint density at radius 1 is 0.640 bits per heavy atom. The molecule has 0 aromatic heterocycles. The highest BCUT2D eigenvalue weighted by atomic mass is 16.3. The SMILES string of the molecule is O=NN1Cc2ccc3ccccc3c2-c2c(ccc3ccccc23)C1. The van der Waals surface area contributed by atoms with Crippen LogP contribution >= 0.6 is 0 Å². The van der Waals surface area contributed by atoms with Crippen molar-refractivity contribution >= 4 is 21.5 Å². The van der Waals surface area contributed by atoms with E-state index in [0.29, 0.717) is 13.1 Å². The van der Waals surface area contributed by atoms with Crippen LogP contribution in [0.15, 0.2) is 78.1 Å². The smallest absolute Gasteiger partial charge is 0.0652 e. The molecule has 4 aromatic rings. The van der Waals surface area contributed by atoms with Crippen LogP contribution in [0.4, 0.5) is 0 Å². The second-order valence-electron chi connectivity index (χ2n) is 6.55. The summed E-state index contributed by atoms with van der Waals surface area (Å²) >= 11 is 0. The van der Waals surface area contributed by atoms with Crippen LogP contribution in [0.25, 0.3) is 32.7 Å². The summed E-state index contributed by atoms with van der Waals surface area (Å²) in [6, 6.07) is 25.4. The minimum atomic E-state index is 0.534. The van der Waals surface area contributed by atoms with Gasteiger partial charge in [0.15, 0.2) is 0 Å². The van der Waals surface area contributed by atoms with Crippen LogP contribution in [0.2, 0.25) is 0 Å². The highest BCUT2D eigenvalue weighted by Gasteiger charge is 2.22. The van der Waals surface area contributed by atoms with Crippen molar-refractivity contribution in [3.8, 4) is 11.1 Å². The number of hydrogen-bond donors (Lipinski definition) is 0. The van der Waals surface area contributed by atoms with Crippen LogP contribution in [0.1, 0.15) is 11.1 Å². The predicted octanol–water partition coefficient (Wildman–Crippen LogP) is 5.66. The van der Waals surface area contributed by atoms with Gasteiger partial charge in [-0.2, -0.15) is 0 Å². The predicted molar refractivity (Wildman–Crippen MR) is 102 cm³/mol. The molecule has 25 heavy (non-hydrogen) atoms. The zero-order valence-corrected chi connectivity index (χ0v) is 13.6. The molecule has 5 rings (SSSR count). The average molecular weight is 324 g/mol. The molecule has 120 valence electrons. The van der Waals surface area contributed by atoms with Gasteiger partial charge in [-0.15, -0.1) is 4.91 Å². The summed E-state index contributed by atoms with van der Waals surface area (Å²) in [5, 5.41) is 9.74. The molecule has 0 saturated heterocycles. The fourth-order valence-electron chi connectivity index (χ4n) is 3.99. The van der Waals surface area contributed by atoms with Crippen molar-refractivity contribution in [1.29, 1.82) is 0 Å². The number of benzene rings is 4. The molecule has 0 fully saturated rings. The molecular weight excluding hydrogens is 308 g/mol. The molecule has 0 radical (unpaired) electrons. The molecule has 4 aromatic carbocycles. The van der Waals surface area contributed by atoms with E-state index in [-0.39, 0.29) is 0 Å². The zero-order valence-electron chi connectivity index (χ0n) is 13.6. The van der Waals surface area contributed by atoms with Crippen LogP contribution in [0.3, 0.4) is 0 Å². The fourth-order valence-corrected chi connectivity index (χ4v) is 3.99. The number of nitrogens with zero attached hydrogens (tertiary/aromatic N) is 2. The number of hydrogen-bond acceptors (Lipinski definition) is 2. The van der Waals surface area contributed by atoms with Crippen LogP contribution < -0.4 is 0 Å². The van der Waals surface area contributed by atoms with Gasteiger partial charge in [-0.25, -0.2) is 0 Å².